The minimum absolute atomic E-state index is 0.0464. The van der Waals surface area contributed by atoms with Crippen LogP contribution in [-0.2, 0) is 59.4 Å². The van der Waals surface area contributed by atoms with Crippen molar-refractivity contribution in [3.05, 3.63) is 157 Å². The molecule has 1 saturated heterocycles. The first-order valence-corrected chi connectivity index (χ1v) is 17.2. The molecule has 0 spiro atoms. The van der Waals surface area contributed by atoms with E-state index >= 15 is 0 Å². The van der Waals surface area contributed by atoms with Gasteiger partial charge in [-0.25, -0.2) is 9.59 Å². The van der Waals surface area contributed by atoms with Crippen molar-refractivity contribution in [2.24, 2.45) is 0 Å². The Morgan fingerprint density at radius 1 is 0.566 bits per heavy atom. The lowest BCUT2D eigenvalue weighted by Gasteiger charge is -2.18. The Morgan fingerprint density at radius 2 is 0.943 bits per heavy atom. The van der Waals surface area contributed by atoms with Crippen molar-refractivity contribution in [3.63, 3.8) is 0 Å². The van der Waals surface area contributed by atoms with E-state index in [9.17, 15) is 19.2 Å². The van der Waals surface area contributed by atoms with E-state index in [0.29, 0.717) is 24.7 Å². The summed E-state index contributed by atoms with van der Waals surface area (Å²) in [7, 11) is 0. The molecule has 1 fully saturated rings. The summed E-state index contributed by atoms with van der Waals surface area (Å²) in [5.41, 5.74) is 3.52. The number of carbonyl (C=O) groups excluding carboxylic acids is 4. The quantitative estimate of drug-likeness (QED) is 0.0747. The first-order valence-electron chi connectivity index (χ1n) is 17.2. The highest BCUT2D eigenvalue weighted by atomic mass is 16.6. The first kappa shape index (κ1) is 38.0. The molecule has 4 atom stereocenters. The Bertz CT molecular complexity index is 1700. The van der Waals surface area contributed by atoms with Gasteiger partial charge in [-0.15, -0.1) is 0 Å². The second-order valence-corrected chi connectivity index (χ2v) is 12.2. The van der Waals surface area contributed by atoms with Crippen molar-refractivity contribution < 1.29 is 42.9 Å². The van der Waals surface area contributed by atoms with Crippen molar-refractivity contribution >= 4 is 23.8 Å². The summed E-state index contributed by atoms with van der Waals surface area (Å²) in [4.78, 5) is 52.3. The highest BCUT2D eigenvalue weighted by Gasteiger charge is 2.51. The average Bonchev–Trinajstić information content (AvgIpc) is 4.00. The van der Waals surface area contributed by atoms with Crippen LogP contribution in [0.2, 0.25) is 0 Å². The number of ether oxygens (including phenoxy) is 5. The summed E-state index contributed by atoms with van der Waals surface area (Å²) in [6.45, 7) is 7.84. The fourth-order valence-corrected chi connectivity index (χ4v) is 5.29. The molecular formula is C42H42N2O9. The Morgan fingerprint density at radius 3 is 1.30 bits per heavy atom. The summed E-state index contributed by atoms with van der Waals surface area (Å²) in [5.74, 6) is -1.42. The molecule has 2 amide bonds. The van der Waals surface area contributed by atoms with Crippen LogP contribution in [-0.4, -0.2) is 61.3 Å². The van der Waals surface area contributed by atoms with Gasteiger partial charge in [-0.05, 0) is 46.5 Å². The van der Waals surface area contributed by atoms with Gasteiger partial charge in [0.1, 0.15) is 50.0 Å². The van der Waals surface area contributed by atoms with Crippen molar-refractivity contribution in [1.29, 1.82) is 0 Å². The number of amides is 2. The molecule has 4 aromatic carbocycles. The van der Waals surface area contributed by atoms with Crippen LogP contribution in [0, 0.1) is 0 Å². The molecule has 11 heteroatoms. The lowest BCUT2D eigenvalue weighted by molar-refractivity contribution is -0.147. The molecule has 0 aliphatic carbocycles. The number of benzene rings is 4. The van der Waals surface area contributed by atoms with Crippen LogP contribution in [0.15, 0.2) is 135 Å². The molecule has 1 aliphatic heterocycles. The lowest BCUT2D eigenvalue weighted by atomic mass is 10.0. The van der Waals surface area contributed by atoms with Crippen molar-refractivity contribution in [1.82, 2.24) is 10.6 Å². The van der Waals surface area contributed by atoms with Gasteiger partial charge in [-0.3, -0.25) is 9.59 Å². The molecule has 2 N–H and O–H groups in total. The second-order valence-electron chi connectivity index (χ2n) is 12.2. The van der Waals surface area contributed by atoms with Gasteiger partial charge in [0, 0.05) is 12.8 Å². The van der Waals surface area contributed by atoms with E-state index in [4.69, 9.17) is 23.7 Å². The first-order chi connectivity index (χ1) is 25.8. The third kappa shape index (κ3) is 11.9. The topological polar surface area (TPSA) is 142 Å². The summed E-state index contributed by atoms with van der Waals surface area (Å²) >= 11 is 0. The Kier molecular flexibility index (Phi) is 13.9. The zero-order valence-corrected chi connectivity index (χ0v) is 29.2. The number of carbonyl (C=O) groups is 4. The number of nitrogens with one attached hydrogen (secondary N) is 2. The van der Waals surface area contributed by atoms with Gasteiger partial charge in [0.25, 0.3) is 11.8 Å². The maximum absolute atomic E-state index is 13.2. The van der Waals surface area contributed by atoms with Gasteiger partial charge in [0.15, 0.2) is 12.2 Å². The molecule has 53 heavy (non-hydrogen) atoms. The molecule has 1 heterocycles. The van der Waals surface area contributed by atoms with E-state index in [1.807, 2.05) is 60.7 Å². The summed E-state index contributed by atoms with van der Waals surface area (Å²) < 4.78 is 27.6. The maximum Gasteiger partial charge on any atom is 0.329 e. The third-order valence-electron chi connectivity index (χ3n) is 8.12. The van der Waals surface area contributed by atoms with Crippen LogP contribution in [0.3, 0.4) is 0 Å². The monoisotopic (exact) mass is 718 g/mol. The molecule has 11 nitrogen and oxygen atoms in total. The van der Waals surface area contributed by atoms with E-state index in [1.165, 1.54) is 12.2 Å². The number of hydrogen-bond acceptors (Lipinski definition) is 9. The lowest BCUT2D eigenvalue weighted by Crippen LogP contribution is -2.48. The smallest absolute Gasteiger partial charge is 0.329 e. The normalized spacial score (nSPS) is 15.5. The van der Waals surface area contributed by atoms with Gasteiger partial charge >= 0.3 is 11.9 Å². The molecule has 0 bridgehead atoms. The van der Waals surface area contributed by atoms with Gasteiger partial charge in [0.05, 0.1) is 0 Å². The molecule has 0 aromatic heterocycles. The second kappa shape index (κ2) is 19.4. The SMILES string of the molecule is C=CCOC(=O)[C@H](Cc1ccc(OCc2ccccc2)cc1)NC(=O)[C@H]1O[C@@H]1C(=O)N[C@@H](Cc1ccc(OCc2ccccc2)cc1)C(=O)OCC=C. The van der Waals surface area contributed by atoms with Crippen LogP contribution >= 0.6 is 0 Å². The predicted octanol–water partition coefficient (Wildman–Crippen LogP) is 4.83. The van der Waals surface area contributed by atoms with Crippen molar-refractivity contribution in [3.8, 4) is 11.5 Å². The van der Waals surface area contributed by atoms with Crippen LogP contribution < -0.4 is 20.1 Å². The number of epoxide rings is 1. The standard InChI is InChI=1S/C42H42N2O9/c1-3-23-49-41(47)35(25-29-15-19-33(20-16-29)51-27-31-11-7-5-8-12-31)43-39(45)37-38(53-37)40(46)44-36(42(48)50-24-4-2)26-30-17-21-34(22-18-30)52-28-32-13-9-6-10-14-32/h3-22,35-38H,1-2,23-28H2,(H,43,45)(H,44,46)/t35-,36-,37-,38-/m0/s1. The summed E-state index contributed by atoms with van der Waals surface area (Å²) in [6.07, 6.45) is 0.707. The average molecular weight is 719 g/mol. The maximum atomic E-state index is 13.2. The third-order valence-corrected chi connectivity index (χ3v) is 8.12. The minimum atomic E-state index is -1.18. The minimum Gasteiger partial charge on any atom is -0.489 e. The van der Waals surface area contributed by atoms with E-state index in [-0.39, 0.29) is 26.1 Å². The van der Waals surface area contributed by atoms with Gasteiger partial charge in [0.2, 0.25) is 0 Å². The van der Waals surface area contributed by atoms with E-state index in [2.05, 4.69) is 23.8 Å². The number of hydrogen-bond donors (Lipinski definition) is 2. The van der Waals surface area contributed by atoms with E-state index in [1.54, 1.807) is 48.5 Å². The van der Waals surface area contributed by atoms with Gasteiger partial charge in [-0.2, -0.15) is 0 Å². The van der Waals surface area contributed by atoms with E-state index < -0.39 is 48.0 Å². The highest BCUT2D eigenvalue weighted by Crippen LogP contribution is 2.24. The Balaban J connectivity index is 1.16. The zero-order valence-electron chi connectivity index (χ0n) is 29.2. The summed E-state index contributed by atoms with van der Waals surface area (Å²) in [5, 5.41) is 5.31. The van der Waals surface area contributed by atoms with Crippen molar-refractivity contribution in [2.45, 2.75) is 50.3 Å². The fourth-order valence-electron chi connectivity index (χ4n) is 5.29. The molecule has 5 rings (SSSR count). The van der Waals surface area contributed by atoms with Crippen LogP contribution in [0.25, 0.3) is 0 Å². The Labute approximate surface area is 308 Å². The molecular weight excluding hydrogens is 676 g/mol. The Hall–Kier alpha value is -6.20. The number of esters is 2. The highest BCUT2D eigenvalue weighted by molar-refractivity contribution is 5.97. The summed E-state index contributed by atoms with van der Waals surface area (Å²) in [6, 6.07) is 31.6. The zero-order chi connectivity index (χ0) is 37.4. The van der Waals surface area contributed by atoms with E-state index in [0.717, 1.165) is 22.3 Å². The number of rotatable bonds is 20. The van der Waals surface area contributed by atoms with Crippen LogP contribution in [0.4, 0.5) is 0 Å². The molecule has 4 aromatic rings. The molecule has 0 saturated carbocycles. The van der Waals surface area contributed by atoms with Crippen molar-refractivity contribution in [2.75, 3.05) is 13.2 Å². The van der Waals surface area contributed by atoms with Gasteiger partial charge < -0.3 is 34.3 Å². The molecule has 1 aliphatic rings. The predicted molar refractivity (Wildman–Crippen MR) is 197 cm³/mol. The van der Waals surface area contributed by atoms with Gasteiger partial charge in [-0.1, -0.05) is 110 Å². The molecule has 0 unspecified atom stereocenters. The largest absolute Gasteiger partial charge is 0.489 e. The fraction of sp³-hybridized carbons (Fsp3) is 0.238. The van der Waals surface area contributed by atoms with Crippen LogP contribution in [0.1, 0.15) is 22.3 Å². The molecule has 0 radical (unpaired) electrons. The van der Waals surface area contributed by atoms with Crippen LogP contribution in [0.5, 0.6) is 11.5 Å². The molecule has 274 valence electrons.